The molecule has 1 aliphatic heterocycles. The molecule has 58 heavy (non-hydrogen) atoms. The third-order valence-electron chi connectivity index (χ3n) is 10.2. The van der Waals surface area contributed by atoms with Crippen LogP contribution in [-0.2, 0) is 46.3 Å². The maximum Gasteiger partial charge on any atom is 0.329 e. The van der Waals surface area contributed by atoms with Crippen LogP contribution in [0.25, 0.3) is 0 Å². The van der Waals surface area contributed by atoms with Gasteiger partial charge < -0.3 is 41.1 Å². The fraction of sp³-hybridized carbons (Fsp3) is 0.545. The largest absolute Gasteiger partial charge is 0.508 e. The van der Waals surface area contributed by atoms with Crippen molar-refractivity contribution in [3.8, 4) is 11.5 Å². The van der Waals surface area contributed by atoms with E-state index in [0.717, 1.165) is 31.8 Å². The highest BCUT2D eigenvalue weighted by Crippen LogP contribution is 2.18. The van der Waals surface area contributed by atoms with Gasteiger partial charge in [0.2, 0.25) is 29.5 Å². The minimum absolute atomic E-state index is 0.0368. The van der Waals surface area contributed by atoms with Crippen molar-refractivity contribution in [3.63, 3.8) is 0 Å². The Kier molecular flexibility index (Phi) is 19.2. The SMILES string of the molecule is CCCCCCCCCC(=O)NC(Cc1ccc(O)cc1)C(=O)NC(C(=O)NC1C=CC(=O)NC(C(C)C)C(=O)N(C)C(Cc2ccc(O)cc2)C(=O)OC1)C(C)C. The zero-order valence-corrected chi connectivity index (χ0v) is 34.8. The molecule has 0 aliphatic carbocycles. The van der Waals surface area contributed by atoms with Gasteiger partial charge in [0.15, 0.2) is 0 Å². The van der Waals surface area contributed by atoms with Crippen LogP contribution >= 0.6 is 0 Å². The Morgan fingerprint density at radius 1 is 0.828 bits per heavy atom. The van der Waals surface area contributed by atoms with Gasteiger partial charge in [-0.1, -0.05) is 103 Å². The second-order valence-electron chi connectivity index (χ2n) is 15.8. The first-order chi connectivity index (χ1) is 27.6. The predicted octanol–water partition coefficient (Wildman–Crippen LogP) is 4.21. The van der Waals surface area contributed by atoms with Gasteiger partial charge in [-0.3, -0.25) is 24.0 Å². The van der Waals surface area contributed by atoms with Gasteiger partial charge in [0.25, 0.3) is 0 Å². The Labute approximate surface area is 342 Å². The van der Waals surface area contributed by atoms with E-state index in [2.05, 4.69) is 28.2 Å². The summed E-state index contributed by atoms with van der Waals surface area (Å²) in [6.45, 7) is 8.78. The zero-order chi connectivity index (χ0) is 42.8. The van der Waals surface area contributed by atoms with Crippen molar-refractivity contribution < 1.29 is 43.7 Å². The van der Waals surface area contributed by atoms with Crippen molar-refractivity contribution in [1.29, 1.82) is 0 Å². The standard InChI is InChI=1S/C44H63N5O9/c1-7-8-9-10-11-12-13-14-37(52)46-35(25-30-15-20-33(50)21-16-30)41(54)48-39(28(2)3)42(55)45-32-19-24-38(53)47-40(29(4)5)43(56)49(6)36(44(57)58-27-32)26-31-17-22-34(51)23-18-31/h15-24,28-29,32,35-36,39-40,50-51H,7-14,25-27H2,1-6H3,(H,45,55)(H,46,52)(H,47,53)(H,48,54). The molecule has 0 fully saturated rings. The zero-order valence-electron chi connectivity index (χ0n) is 34.8. The third kappa shape index (κ3) is 15.5. The molecule has 5 unspecified atom stereocenters. The summed E-state index contributed by atoms with van der Waals surface area (Å²) in [6.07, 6.45) is 10.2. The highest BCUT2D eigenvalue weighted by Gasteiger charge is 2.36. The number of hydrogen-bond donors (Lipinski definition) is 6. The normalized spacial score (nSPS) is 18.7. The first-order valence-electron chi connectivity index (χ1n) is 20.5. The van der Waals surface area contributed by atoms with Gasteiger partial charge in [0.1, 0.15) is 42.3 Å². The summed E-state index contributed by atoms with van der Waals surface area (Å²) in [4.78, 5) is 82.5. The molecule has 0 aromatic heterocycles. The molecule has 0 spiro atoms. The predicted molar refractivity (Wildman–Crippen MR) is 220 cm³/mol. The number of phenols is 2. The minimum Gasteiger partial charge on any atom is -0.508 e. The van der Waals surface area contributed by atoms with Crippen LogP contribution in [0.5, 0.6) is 11.5 Å². The lowest BCUT2D eigenvalue weighted by Gasteiger charge is -2.32. The lowest BCUT2D eigenvalue weighted by molar-refractivity contribution is -0.156. The minimum atomic E-state index is -1.11. The topological polar surface area (TPSA) is 203 Å². The number of unbranched alkanes of at least 4 members (excludes halogenated alkanes) is 6. The van der Waals surface area contributed by atoms with E-state index >= 15 is 0 Å². The summed E-state index contributed by atoms with van der Waals surface area (Å²) in [5, 5.41) is 30.7. The van der Waals surface area contributed by atoms with E-state index < -0.39 is 72.3 Å². The van der Waals surface area contributed by atoms with Crippen LogP contribution in [0.1, 0.15) is 97.1 Å². The smallest absolute Gasteiger partial charge is 0.329 e. The van der Waals surface area contributed by atoms with E-state index in [0.29, 0.717) is 17.5 Å². The molecule has 3 rings (SSSR count). The number of ether oxygens (including phenoxy) is 1. The van der Waals surface area contributed by atoms with E-state index in [-0.39, 0.29) is 42.6 Å². The number of likely N-dealkylation sites (N-methyl/N-ethyl adjacent to an activating group) is 1. The van der Waals surface area contributed by atoms with Crippen molar-refractivity contribution in [2.45, 2.75) is 129 Å². The van der Waals surface area contributed by atoms with Gasteiger partial charge in [-0.05, 0) is 53.6 Å². The average Bonchev–Trinajstić information content (AvgIpc) is 3.18. The Hall–Kier alpha value is -5.40. The van der Waals surface area contributed by atoms with E-state index in [1.54, 1.807) is 52.0 Å². The number of rotatable bonds is 19. The molecule has 1 aliphatic rings. The van der Waals surface area contributed by atoms with Crippen LogP contribution in [0.15, 0.2) is 60.7 Å². The molecular formula is C44H63N5O9. The van der Waals surface area contributed by atoms with Crippen molar-refractivity contribution in [2.24, 2.45) is 11.8 Å². The molecule has 318 valence electrons. The number of amides is 5. The molecule has 0 radical (unpaired) electrons. The van der Waals surface area contributed by atoms with Crippen LogP contribution in [0.4, 0.5) is 0 Å². The highest BCUT2D eigenvalue weighted by atomic mass is 16.5. The van der Waals surface area contributed by atoms with Crippen LogP contribution in [-0.4, -0.2) is 94.5 Å². The van der Waals surface area contributed by atoms with Gasteiger partial charge in [-0.2, -0.15) is 0 Å². The maximum atomic E-state index is 13.9. The van der Waals surface area contributed by atoms with Crippen LogP contribution in [0.3, 0.4) is 0 Å². The van der Waals surface area contributed by atoms with Crippen LogP contribution in [0.2, 0.25) is 0 Å². The molecular weight excluding hydrogens is 743 g/mol. The lowest BCUT2D eigenvalue weighted by Crippen LogP contribution is -2.57. The van der Waals surface area contributed by atoms with Gasteiger partial charge in [0.05, 0.1) is 6.04 Å². The van der Waals surface area contributed by atoms with E-state index in [1.165, 1.54) is 55.1 Å². The van der Waals surface area contributed by atoms with Gasteiger partial charge >= 0.3 is 5.97 Å². The molecule has 0 saturated carbocycles. The molecule has 2 aromatic rings. The fourth-order valence-electron chi connectivity index (χ4n) is 6.59. The highest BCUT2D eigenvalue weighted by molar-refractivity contribution is 5.95. The summed E-state index contributed by atoms with van der Waals surface area (Å²) in [7, 11) is 1.46. The molecule has 2 aromatic carbocycles. The Morgan fingerprint density at radius 3 is 2.00 bits per heavy atom. The Bertz CT molecular complexity index is 1690. The number of phenolic OH excluding ortho intramolecular Hbond substituents is 2. The first-order valence-corrected chi connectivity index (χ1v) is 20.5. The summed E-state index contributed by atoms with van der Waals surface area (Å²) in [5.41, 5.74) is 1.34. The fourth-order valence-corrected chi connectivity index (χ4v) is 6.59. The van der Waals surface area contributed by atoms with E-state index in [1.807, 2.05) is 0 Å². The summed E-state index contributed by atoms with van der Waals surface area (Å²) < 4.78 is 5.70. The van der Waals surface area contributed by atoms with Crippen molar-refractivity contribution in [2.75, 3.05) is 13.7 Å². The number of aromatic hydroxyl groups is 2. The van der Waals surface area contributed by atoms with Gasteiger partial charge in [-0.15, -0.1) is 0 Å². The van der Waals surface area contributed by atoms with Crippen molar-refractivity contribution in [3.05, 3.63) is 71.8 Å². The van der Waals surface area contributed by atoms with Gasteiger partial charge in [0, 0.05) is 32.4 Å². The second-order valence-corrected chi connectivity index (χ2v) is 15.8. The quantitative estimate of drug-likeness (QED) is 0.0888. The maximum absolute atomic E-state index is 13.9. The molecule has 5 amide bonds. The molecule has 5 atom stereocenters. The van der Waals surface area contributed by atoms with Crippen LogP contribution in [0, 0.1) is 11.8 Å². The number of carbonyl (C=O) groups is 6. The number of nitrogens with zero attached hydrogens (tertiary/aromatic N) is 1. The Morgan fingerprint density at radius 2 is 1.41 bits per heavy atom. The van der Waals surface area contributed by atoms with Crippen molar-refractivity contribution >= 4 is 35.5 Å². The number of nitrogens with one attached hydrogen (secondary N) is 4. The Balaban J connectivity index is 1.80. The third-order valence-corrected chi connectivity index (χ3v) is 10.2. The number of benzene rings is 2. The molecule has 14 nitrogen and oxygen atoms in total. The summed E-state index contributed by atoms with van der Waals surface area (Å²) >= 11 is 0. The molecule has 14 heteroatoms. The number of esters is 1. The average molecular weight is 806 g/mol. The number of cyclic esters (lactones) is 1. The number of hydrogen-bond acceptors (Lipinski definition) is 9. The molecule has 0 saturated heterocycles. The lowest BCUT2D eigenvalue weighted by atomic mass is 9.99. The van der Waals surface area contributed by atoms with E-state index in [9.17, 15) is 39.0 Å². The van der Waals surface area contributed by atoms with E-state index in [4.69, 9.17) is 4.74 Å². The summed E-state index contributed by atoms with van der Waals surface area (Å²) in [6, 6.07) is 7.28. The van der Waals surface area contributed by atoms with Gasteiger partial charge in [-0.25, -0.2) is 4.79 Å². The molecule has 0 bridgehead atoms. The molecule has 1 heterocycles. The second kappa shape index (κ2) is 23.7. The monoisotopic (exact) mass is 805 g/mol. The number of carbonyl (C=O) groups excluding carboxylic acids is 6. The first kappa shape index (κ1) is 47.0. The van der Waals surface area contributed by atoms with Crippen molar-refractivity contribution in [1.82, 2.24) is 26.2 Å². The summed E-state index contributed by atoms with van der Waals surface area (Å²) in [5.74, 6) is -3.99. The van der Waals surface area contributed by atoms with Crippen LogP contribution < -0.4 is 21.3 Å². The molecule has 6 N–H and O–H groups in total.